The van der Waals surface area contributed by atoms with Crippen LogP contribution >= 0.6 is 11.6 Å². The predicted molar refractivity (Wildman–Crippen MR) is 59.0 cm³/mol. The molecule has 14 heavy (non-hydrogen) atoms. The minimum atomic E-state index is -3.07. The Labute approximate surface area is 91.3 Å². The Kier molecular flexibility index (Phi) is 4.22. The lowest BCUT2D eigenvalue weighted by molar-refractivity contribution is 0.543. The van der Waals surface area contributed by atoms with Gasteiger partial charge in [0.15, 0.2) is 0 Å². The first-order valence-corrected chi connectivity index (χ1v) is 7.12. The van der Waals surface area contributed by atoms with Gasteiger partial charge in [-0.1, -0.05) is 0 Å². The summed E-state index contributed by atoms with van der Waals surface area (Å²) in [6.07, 6.45) is 2.79. The van der Waals surface area contributed by atoms with Crippen LogP contribution in [0.2, 0.25) is 0 Å². The molecule has 1 aliphatic rings. The zero-order chi connectivity index (χ0) is 10.8. The molecule has 1 fully saturated rings. The number of halogens is 1. The van der Waals surface area contributed by atoms with Crippen molar-refractivity contribution < 1.29 is 8.42 Å². The van der Waals surface area contributed by atoms with Gasteiger partial charge in [0.25, 0.3) is 0 Å². The zero-order valence-electron chi connectivity index (χ0n) is 8.66. The lowest BCUT2D eigenvalue weighted by Crippen LogP contribution is -2.36. The lowest BCUT2D eigenvalue weighted by Gasteiger charge is -2.14. The average molecular weight is 240 g/mol. The molecule has 0 amide bonds. The second-order valence-corrected chi connectivity index (χ2v) is 6.80. The molecule has 0 aromatic heterocycles. The van der Waals surface area contributed by atoms with Crippen LogP contribution in [-0.4, -0.2) is 25.6 Å². The molecule has 1 aliphatic carbocycles. The van der Waals surface area contributed by atoms with E-state index in [-0.39, 0.29) is 17.2 Å². The summed E-state index contributed by atoms with van der Waals surface area (Å²) >= 11 is 5.78. The molecule has 1 rings (SSSR count). The summed E-state index contributed by atoms with van der Waals surface area (Å²) in [4.78, 5) is 0. The molecule has 1 saturated carbocycles. The van der Waals surface area contributed by atoms with E-state index < -0.39 is 10.0 Å². The van der Waals surface area contributed by atoms with Crippen LogP contribution in [0.15, 0.2) is 0 Å². The summed E-state index contributed by atoms with van der Waals surface area (Å²) in [5.41, 5.74) is 0. The molecule has 0 radical (unpaired) electrons. The highest BCUT2D eigenvalue weighted by Crippen LogP contribution is 2.30. The number of sulfonamides is 1. The Bertz CT molecular complexity index is 273. The molecule has 0 bridgehead atoms. The SMILES string of the molecule is CC(Cl)CC(C)NS(=O)(=O)CC1CC1. The molecule has 0 aromatic rings. The van der Waals surface area contributed by atoms with E-state index >= 15 is 0 Å². The molecule has 1 N–H and O–H groups in total. The molecule has 0 saturated heterocycles. The predicted octanol–water partition coefficient (Wildman–Crippen LogP) is 1.72. The van der Waals surface area contributed by atoms with Crippen molar-refractivity contribution in [3.8, 4) is 0 Å². The van der Waals surface area contributed by atoms with Gasteiger partial charge in [-0.2, -0.15) is 0 Å². The lowest BCUT2D eigenvalue weighted by atomic mass is 10.2. The smallest absolute Gasteiger partial charge is 0.212 e. The van der Waals surface area contributed by atoms with E-state index in [0.29, 0.717) is 12.3 Å². The van der Waals surface area contributed by atoms with Gasteiger partial charge in [-0.3, -0.25) is 0 Å². The number of hydrogen-bond acceptors (Lipinski definition) is 2. The highest BCUT2D eigenvalue weighted by Gasteiger charge is 2.28. The zero-order valence-corrected chi connectivity index (χ0v) is 10.2. The number of hydrogen-bond donors (Lipinski definition) is 1. The van der Waals surface area contributed by atoms with E-state index in [4.69, 9.17) is 11.6 Å². The summed E-state index contributed by atoms with van der Waals surface area (Å²) in [7, 11) is -3.07. The second kappa shape index (κ2) is 4.81. The molecule has 0 aromatic carbocycles. The van der Waals surface area contributed by atoms with E-state index in [9.17, 15) is 8.42 Å². The van der Waals surface area contributed by atoms with Crippen molar-refractivity contribution >= 4 is 21.6 Å². The Morgan fingerprint density at radius 3 is 2.43 bits per heavy atom. The van der Waals surface area contributed by atoms with Gasteiger partial charge in [0, 0.05) is 11.4 Å². The van der Waals surface area contributed by atoms with Crippen LogP contribution in [0, 0.1) is 5.92 Å². The first-order chi connectivity index (χ1) is 6.39. The summed E-state index contributed by atoms with van der Waals surface area (Å²) in [5, 5.41) is 0.00799. The maximum absolute atomic E-state index is 11.5. The average Bonchev–Trinajstić information content (AvgIpc) is 2.65. The van der Waals surface area contributed by atoms with Crippen molar-refractivity contribution in [3.63, 3.8) is 0 Å². The Balaban J connectivity index is 2.33. The molecular weight excluding hydrogens is 222 g/mol. The second-order valence-electron chi connectivity index (χ2n) is 4.26. The fourth-order valence-corrected chi connectivity index (χ4v) is 3.51. The third-order valence-electron chi connectivity index (χ3n) is 2.21. The molecule has 2 atom stereocenters. The van der Waals surface area contributed by atoms with Gasteiger partial charge >= 0.3 is 0 Å². The fourth-order valence-electron chi connectivity index (χ4n) is 1.48. The van der Waals surface area contributed by atoms with Crippen molar-refractivity contribution in [1.82, 2.24) is 4.72 Å². The standard InChI is InChI=1S/C9H18ClNO2S/c1-7(10)5-8(2)11-14(12,13)6-9-3-4-9/h7-9,11H,3-6H2,1-2H3. The largest absolute Gasteiger partial charge is 0.212 e. The van der Waals surface area contributed by atoms with Gasteiger partial charge in [0.2, 0.25) is 10.0 Å². The van der Waals surface area contributed by atoms with Crippen LogP contribution < -0.4 is 4.72 Å². The normalized spacial score (nSPS) is 21.9. The van der Waals surface area contributed by atoms with Crippen LogP contribution in [0.25, 0.3) is 0 Å². The van der Waals surface area contributed by atoms with Crippen molar-refractivity contribution in [1.29, 1.82) is 0 Å². The van der Waals surface area contributed by atoms with Gasteiger partial charge < -0.3 is 0 Å². The summed E-state index contributed by atoms with van der Waals surface area (Å²) in [6, 6.07) is -0.0637. The Morgan fingerprint density at radius 2 is 2.00 bits per heavy atom. The minimum absolute atomic E-state index is 0.00799. The van der Waals surface area contributed by atoms with Crippen LogP contribution in [0.4, 0.5) is 0 Å². The third kappa shape index (κ3) is 5.17. The van der Waals surface area contributed by atoms with Crippen molar-refractivity contribution in [2.24, 2.45) is 5.92 Å². The van der Waals surface area contributed by atoms with E-state index in [0.717, 1.165) is 12.8 Å². The van der Waals surface area contributed by atoms with Gasteiger partial charge in [0.05, 0.1) is 5.75 Å². The highest BCUT2D eigenvalue weighted by molar-refractivity contribution is 7.89. The number of alkyl halides is 1. The third-order valence-corrected chi connectivity index (χ3v) is 4.06. The van der Waals surface area contributed by atoms with E-state index in [2.05, 4.69) is 4.72 Å². The summed E-state index contributed by atoms with van der Waals surface area (Å²) in [5.74, 6) is 0.682. The molecule has 0 heterocycles. The van der Waals surface area contributed by atoms with E-state index in [1.165, 1.54) is 0 Å². The van der Waals surface area contributed by atoms with Gasteiger partial charge in [0.1, 0.15) is 0 Å². The molecule has 2 unspecified atom stereocenters. The maximum atomic E-state index is 11.5. The van der Waals surface area contributed by atoms with Crippen LogP contribution in [0.1, 0.15) is 33.1 Å². The Hall–Kier alpha value is 0.200. The van der Waals surface area contributed by atoms with Gasteiger partial charge in [-0.05, 0) is 39.0 Å². The quantitative estimate of drug-likeness (QED) is 0.718. The monoisotopic (exact) mass is 239 g/mol. The number of nitrogens with one attached hydrogen (secondary N) is 1. The van der Waals surface area contributed by atoms with Crippen molar-refractivity contribution in [3.05, 3.63) is 0 Å². The van der Waals surface area contributed by atoms with Crippen LogP contribution in [0.5, 0.6) is 0 Å². The molecule has 0 spiro atoms. The first-order valence-electron chi connectivity index (χ1n) is 5.03. The first kappa shape index (κ1) is 12.3. The van der Waals surface area contributed by atoms with Crippen molar-refractivity contribution in [2.45, 2.75) is 44.5 Å². The number of rotatable bonds is 6. The molecule has 84 valence electrons. The maximum Gasteiger partial charge on any atom is 0.212 e. The summed E-state index contributed by atoms with van der Waals surface area (Å²) in [6.45, 7) is 3.72. The van der Waals surface area contributed by atoms with Gasteiger partial charge in [-0.25, -0.2) is 13.1 Å². The summed E-state index contributed by atoms with van der Waals surface area (Å²) < 4.78 is 25.7. The minimum Gasteiger partial charge on any atom is -0.212 e. The molecule has 5 heteroatoms. The molecule has 0 aliphatic heterocycles. The van der Waals surface area contributed by atoms with E-state index in [1.807, 2.05) is 13.8 Å². The van der Waals surface area contributed by atoms with Crippen LogP contribution in [-0.2, 0) is 10.0 Å². The highest BCUT2D eigenvalue weighted by atomic mass is 35.5. The van der Waals surface area contributed by atoms with E-state index in [1.54, 1.807) is 0 Å². The topological polar surface area (TPSA) is 46.2 Å². The molecule has 3 nitrogen and oxygen atoms in total. The van der Waals surface area contributed by atoms with Crippen molar-refractivity contribution in [2.75, 3.05) is 5.75 Å². The molecular formula is C9H18ClNO2S. The van der Waals surface area contributed by atoms with Crippen LogP contribution in [0.3, 0.4) is 0 Å². The van der Waals surface area contributed by atoms with Gasteiger partial charge in [-0.15, -0.1) is 11.6 Å². The fraction of sp³-hybridized carbons (Fsp3) is 1.00. The Morgan fingerprint density at radius 1 is 1.43 bits per heavy atom.